The van der Waals surface area contributed by atoms with Gasteiger partial charge in [0.05, 0.1) is 11.9 Å². The molecule has 1 aromatic heterocycles. The van der Waals surface area contributed by atoms with Gasteiger partial charge in [-0.15, -0.1) is 0 Å². The largest absolute Gasteiger partial charge is 0.350 e. The molecule has 1 fully saturated rings. The van der Waals surface area contributed by atoms with Gasteiger partial charge in [0.25, 0.3) is 0 Å². The first kappa shape index (κ1) is 9.18. The van der Waals surface area contributed by atoms with Gasteiger partial charge in [-0.1, -0.05) is 5.16 Å². The molecular weight excluding hydrogens is 180 g/mol. The summed E-state index contributed by atoms with van der Waals surface area (Å²) >= 11 is 0. The fraction of sp³-hybridized carbons (Fsp3) is 0.667. The van der Waals surface area contributed by atoms with E-state index in [4.69, 9.17) is 9.93 Å². The summed E-state index contributed by atoms with van der Waals surface area (Å²) in [5, 5.41) is 11.6. The third-order valence-corrected chi connectivity index (χ3v) is 2.63. The first-order chi connectivity index (χ1) is 6.79. The van der Waals surface area contributed by atoms with Gasteiger partial charge in [-0.25, -0.2) is 0 Å². The molecular formula is C9H14N4O. The third-order valence-electron chi connectivity index (χ3n) is 2.63. The molecule has 0 aliphatic carbocycles. The van der Waals surface area contributed by atoms with Crippen molar-refractivity contribution in [1.82, 2.24) is 15.0 Å². The number of nitrogens with zero attached hydrogens (tertiary/aromatic N) is 3. The molecule has 0 amide bonds. The molecule has 1 saturated heterocycles. The first-order valence-electron chi connectivity index (χ1n) is 4.89. The van der Waals surface area contributed by atoms with Crippen LogP contribution in [0.5, 0.6) is 0 Å². The Bertz CT molecular complexity index is 309. The summed E-state index contributed by atoms with van der Waals surface area (Å²) < 4.78 is 4.70. The molecule has 0 aromatic carbocycles. The van der Waals surface area contributed by atoms with Gasteiger partial charge in [0.2, 0.25) is 6.39 Å². The Morgan fingerprint density at radius 3 is 3.07 bits per heavy atom. The molecule has 0 radical (unpaired) electrons. The SMILES string of the molecule is CC(c1ncon1)N1CCCCC1=N. The fourth-order valence-corrected chi connectivity index (χ4v) is 1.78. The number of rotatable bonds is 2. The molecule has 0 bridgehead atoms. The molecule has 5 heteroatoms. The summed E-state index contributed by atoms with van der Waals surface area (Å²) in [5.74, 6) is 1.35. The van der Waals surface area contributed by atoms with Crippen molar-refractivity contribution in [2.75, 3.05) is 6.54 Å². The zero-order chi connectivity index (χ0) is 9.97. The average Bonchev–Trinajstić information content (AvgIpc) is 2.70. The van der Waals surface area contributed by atoms with E-state index in [1.165, 1.54) is 6.39 Å². The quantitative estimate of drug-likeness (QED) is 0.776. The van der Waals surface area contributed by atoms with Crippen LogP contribution in [0.25, 0.3) is 0 Å². The van der Waals surface area contributed by atoms with E-state index in [2.05, 4.69) is 10.1 Å². The molecule has 5 nitrogen and oxygen atoms in total. The lowest BCUT2D eigenvalue weighted by atomic mass is 10.1. The second kappa shape index (κ2) is 3.77. The van der Waals surface area contributed by atoms with Crippen molar-refractivity contribution in [2.24, 2.45) is 0 Å². The minimum atomic E-state index is 0.0570. The van der Waals surface area contributed by atoms with Crippen LogP contribution in [-0.4, -0.2) is 27.4 Å². The second-order valence-electron chi connectivity index (χ2n) is 3.56. The van der Waals surface area contributed by atoms with E-state index in [0.29, 0.717) is 11.7 Å². The number of aromatic nitrogens is 2. The molecule has 2 heterocycles. The van der Waals surface area contributed by atoms with Gasteiger partial charge in [-0.3, -0.25) is 5.41 Å². The molecule has 2 rings (SSSR count). The summed E-state index contributed by atoms with van der Waals surface area (Å²) in [4.78, 5) is 6.05. The zero-order valence-corrected chi connectivity index (χ0v) is 8.23. The lowest BCUT2D eigenvalue weighted by Gasteiger charge is -2.33. The maximum Gasteiger partial charge on any atom is 0.213 e. The Labute approximate surface area is 82.6 Å². The molecule has 0 saturated carbocycles. The van der Waals surface area contributed by atoms with E-state index in [-0.39, 0.29) is 6.04 Å². The normalized spacial score (nSPS) is 19.8. The van der Waals surface area contributed by atoms with E-state index in [9.17, 15) is 0 Å². The van der Waals surface area contributed by atoms with Crippen molar-refractivity contribution < 1.29 is 4.52 Å². The number of likely N-dealkylation sites (tertiary alicyclic amines) is 1. The summed E-state index contributed by atoms with van der Waals surface area (Å²) in [6.07, 6.45) is 4.46. The lowest BCUT2D eigenvalue weighted by molar-refractivity contribution is 0.281. The van der Waals surface area contributed by atoms with E-state index >= 15 is 0 Å². The molecule has 1 atom stereocenters. The van der Waals surface area contributed by atoms with Crippen LogP contribution in [0, 0.1) is 5.41 Å². The first-order valence-corrected chi connectivity index (χ1v) is 4.89. The highest BCUT2D eigenvalue weighted by Crippen LogP contribution is 2.22. The summed E-state index contributed by atoms with van der Waals surface area (Å²) in [5.41, 5.74) is 0. The van der Waals surface area contributed by atoms with Crippen LogP contribution in [-0.2, 0) is 0 Å². The Hall–Kier alpha value is -1.39. The molecule has 76 valence electrons. The summed E-state index contributed by atoms with van der Waals surface area (Å²) in [7, 11) is 0. The highest BCUT2D eigenvalue weighted by Gasteiger charge is 2.23. The minimum Gasteiger partial charge on any atom is -0.350 e. The van der Waals surface area contributed by atoms with Crippen LogP contribution in [0.15, 0.2) is 10.9 Å². The van der Waals surface area contributed by atoms with E-state index in [1.54, 1.807) is 0 Å². The third kappa shape index (κ3) is 1.62. The van der Waals surface area contributed by atoms with Gasteiger partial charge in [0.15, 0.2) is 5.82 Å². The van der Waals surface area contributed by atoms with Crippen LogP contribution in [0.4, 0.5) is 0 Å². The van der Waals surface area contributed by atoms with E-state index in [0.717, 1.165) is 25.8 Å². The molecule has 1 aliphatic rings. The van der Waals surface area contributed by atoms with Crippen molar-refractivity contribution in [3.63, 3.8) is 0 Å². The Kier molecular flexibility index (Phi) is 2.47. The fourth-order valence-electron chi connectivity index (χ4n) is 1.78. The predicted molar refractivity (Wildman–Crippen MR) is 51.0 cm³/mol. The van der Waals surface area contributed by atoms with E-state index < -0.39 is 0 Å². The van der Waals surface area contributed by atoms with Crippen molar-refractivity contribution in [3.05, 3.63) is 12.2 Å². The zero-order valence-electron chi connectivity index (χ0n) is 8.23. The Morgan fingerprint density at radius 1 is 1.57 bits per heavy atom. The van der Waals surface area contributed by atoms with Crippen molar-refractivity contribution >= 4 is 5.84 Å². The minimum absolute atomic E-state index is 0.0570. The molecule has 1 aliphatic heterocycles. The van der Waals surface area contributed by atoms with Gasteiger partial charge in [-0.2, -0.15) is 4.98 Å². The molecule has 1 N–H and O–H groups in total. The molecule has 0 spiro atoms. The van der Waals surface area contributed by atoms with Crippen LogP contribution in [0.3, 0.4) is 0 Å². The number of hydrogen-bond acceptors (Lipinski definition) is 4. The molecule has 1 unspecified atom stereocenters. The van der Waals surface area contributed by atoms with Crippen LogP contribution >= 0.6 is 0 Å². The van der Waals surface area contributed by atoms with Crippen LogP contribution in [0.1, 0.15) is 38.1 Å². The maximum atomic E-state index is 7.82. The monoisotopic (exact) mass is 194 g/mol. The highest BCUT2D eigenvalue weighted by molar-refractivity contribution is 5.80. The Balaban J connectivity index is 2.10. The number of amidine groups is 1. The van der Waals surface area contributed by atoms with Gasteiger partial charge in [0, 0.05) is 13.0 Å². The van der Waals surface area contributed by atoms with Gasteiger partial charge in [-0.05, 0) is 19.8 Å². The van der Waals surface area contributed by atoms with E-state index in [1.807, 2.05) is 11.8 Å². The van der Waals surface area contributed by atoms with Crippen LogP contribution in [0.2, 0.25) is 0 Å². The molecule has 1 aromatic rings. The highest BCUT2D eigenvalue weighted by atomic mass is 16.5. The standard InChI is InChI=1S/C9H14N4O/c1-7(9-11-6-14-12-9)13-5-3-2-4-8(13)10/h6-7,10H,2-5H2,1H3. The van der Waals surface area contributed by atoms with Gasteiger partial charge in [0.1, 0.15) is 0 Å². The second-order valence-corrected chi connectivity index (χ2v) is 3.56. The van der Waals surface area contributed by atoms with Crippen molar-refractivity contribution in [1.29, 1.82) is 5.41 Å². The van der Waals surface area contributed by atoms with Crippen molar-refractivity contribution in [3.8, 4) is 0 Å². The van der Waals surface area contributed by atoms with Gasteiger partial charge >= 0.3 is 0 Å². The Morgan fingerprint density at radius 2 is 2.43 bits per heavy atom. The number of hydrogen-bond donors (Lipinski definition) is 1. The molecule has 14 heavy (non-hydrogen) atoms. The lowest BCUT2D eigenvalue weighted by Crippen LogP contribution is -2.37. The van der Waals surface area contributed by atoms with Crippen molar-refractivity contribution in [2.45, 2.75) is 32.2 Å². The predicted octanol–water partition coefficient (Wildman–Crippen LogP) is 1.59. The topological polar surface area (TPSA) is 66.0 Å². The summed E-state index contributed by atoms with van der Waals surface area (Å²) in [6, 6.07) is 0.0570. The number of nitrogens with one attached hydrogen (secondary N) is 1. The maximum absolute atomic E-state index is 7.82. The van der Waals surface area contributed by atoms with Crippen LogP contribution < -0.4 is 0 Å². The average molecular weight is 194 g/mol. The van der Waals surface area contributed by atoms with Gasteiger partial charge < -0.3 is 9.42 Å². The summed E-state index contributed by atoms with van der Waals surface area (Å²) in [6.45, 7) is 2.93. The number of piperidine rings is 1. The smallest absolute Gasteiger partial charge is 0.213 e.